The summed E-state index contributed by atoms with van der Waals surface area (Å²) in [5.74, 6) is 0. The second-order valence-electron chi connectivity index (χ2n) is 6.69. The Balaban J connectivity index is 1.78. The summed E-state index contributed by atoms with van der Waals surface area (Å²) in [7, 11) is 0. The van der Waals surface area contributed by atoms with Gasteiger partial charge in [-0.05, 0) is 49.6 Å². The van der Waals surface area contributed by atoms with E-state index in [1.807, 2.05) is 0 Å². The Kier molecular flexibility index (Phi) is 2.63. The Morgan fingerprint density at radius 2 is 1.57 bits per heavy atom. The molecular formula is C13H25N. The van der Waals surface area contributed by atoms with Gasteiger partial charge < -0.3 is 4.90 Å². The third-order valence-corrected chi connectivity index (χ3v) is 4.03. The molecule has 1 aliphatic heterocycles. The highest BCUT2D eigenvalue weighted by atomic mass is 15.1. The van der Waals surface area contributed by atoms with Crippen molar-refractivity contribution in [3.05, 3.63) is 0 Å². The van der Waals surface area contributed by atoms with Crippen molar-refractivity contribution in [1.29, 1.82) is 0 Å². The van der Waals surface area contributed by atoms with E-state index in [0.29, 0.717) is 5.41 Å². The van der Waals surface area contributed by atoms with Gasteiger partial charge in [0, 0.05) is 6.54 Å². The van der Waals surface area contributed by atoms with Gasteiger partial charge in [-0.1, -0.05) is 27.2 Å². The van der Waals surface area contributed by atoms with Crippen LogP contribution in [-0.4, -0.2) is 24.5 Å². The molecule has 0 bridgehead atoms. The highest BCUT2D eigenvalue weighted by Crippen LogP contribution is 2.48. The lowest BCUT2D eigenvalue weighted by atomic mass is 9.63. The number of piperidine rings is 1. The van der Waals surface area contributed by atoms with E-state index in [9.17, 15) is 0 Å². The molecule has 0 aromatic heterocycles. The van der Waals surface area contributed by atoms with E-state index in [0.717, 1.165) is 5.41 Å². The van der Waals surface area contributed by atoms with Crippen LogP contribution in [0.25, 0.3) is 0 Å². The van der Waals surface area contributed by atoms with E-state index in [4.69, 9.17) is 0 Å². The van der Waals surface area contributed by atoms with Gasteiger partial charge in [0.1, 0.15) is 0 Å². The Morgan fingerprint density at radius 3 is 1.93 bits per heavy atom. The highest BCUT2D eigenvalue weighted by Gasteiger charge is 2.39. The standard InChI is InChI=1S/C13H25N/c1-12(2,3)11-14-9-7-13(8-10-14)5-4-6-13/h4-11H2,1-3H3. The second-order valence-corrected chi connectivity index (χ2v) is 6.69. The zero-order valence-corrected chi connectivity index (χ0v) is 10.1. The van der Waals surface area contributed by atoms with Crippen LogP contribution < -0.4 is 0 Å². The Morgan fingerprint density at radius 1 is 1.00 bits per heavy atom. The molecule has 2 fully saturated rings. The van der Waals surface area contributed by atoms with E-state index < -0.39 is 0 Å². The molecule has 1 nitrogen and oxygen atoms in total. The minimum atomic E-state index is 0.476. The van der Waals surface area contributed by atoms with Crippen LogP contribution in [0.2, 0.25) is 0 Å². The van der Waals surface area contributed by atoms with E-state index >= 15 is 0 Å². The Bertz CT molecular complexity index is 188. The Hall–Kier alpha value is -0.0400. The molecule has 1 spiro atoms. The second kappa shape index (κ2) is 3.52. The van der Waals surface area contributed by atoms with Gasteiger partial charge in [0.2, 0.25) is 0 Å². The molecule has 1 heterocycles. The molecule has 2 aliphatic rings. The van der Waals surface area contributed by atoms with Gasteiger partial charge in [0.05, 0.1) is 0 Å². The minimum absolute atomic E-state index is 0.476. The van der Waals surface area contributed by atoms with Crippen molar-refractivity contribution >= 4 is 0 Å². The lowest BCUT2D eigenvalue weighted by Gasteiger charge is -2.49. The molecule has 0 unspecified atom stereocenters. The van der Waals surface area contributed by atoms with Crippen LogP contribution in [0.5, 0.6) is 0 Å². The summed E-state index contributed by atoms with van der Waals surface area (Å²) in [6.45, 7) is 11.0. The van der Waals surface area contributed by atoms with E-state index in [2.05, 4.69) is 25.7 Å². The zero-order chi connectivity index (χ0) is 10.2. The van der Waals surface area contributed by atoms with E-state index in [1.165, 1.54) is 51.7 Å². The molecule has 0 amide bonds. The van der Waals surface area contributed by atoms with Crippen LogP contribution in [0.15, 0.2) is 0 Å². The predicted molar refractivity (Wildman–Crippen MR) is 61.4 cm³/mol. The lowest BCUT2D eigenvalue weighted by Crippen LogP contribution is -2.45. The molecular weight excluding hydrogens is 170 g/mol. The summed E-state index contributed by atoms with van der Waals surface area (Å²) in [4.78, 5) is 2.67. The quantitative estimate of drug-likeness (QED) is 0.620. The van der Waals surface area contributed by atoms with Crippen molar-refractivity contribution in [2.24, 2.45) is 10.8 Å². The third-order valence-electron chi connectivity index (χ3n) is 4.03. The molecule has 82 valence electrons. The fraction of sp³-hybridized carbons (Fsp3) is 1.00. The molecule has 0 N–H and O–H groups in total. The molecule has 0 aromatic rings. The maximum Gasteiger partial charge on any atom is 0.00300 e. The molecule has 0 atom stereocenters. The van der Waals surface area contributed by atoms with Crippen molar-refractivity contribution in [3.8, 4) is 0 Å². The first-order valence-electron chi connectivity index (χ1n) is 6.22. The summed E-state index contributed by atoms with van der Waals surface area (Å²) < 4.78 is 0. The van der Waals surface area contributed by atoms with Gasteiger partial charge in [-0.15, -0.1) is 0 Å². The molecule has 1 aliphatic carbocycles. The van der Waals surface area contributed by atoms with Crippen LogP contribution in [0.3, 0.4) is 0 Å². The summed E-state index contributed by atoms with van der Waals surface area (Å²) >= 11 is 0. The molecule has 1 heteroatoms. The van der Waals surface area contributed by atoms with Crippen molar-refractivity contribution in [2.45, 2.75) is 52.9 Å². The fourth-order valence-electron chi connectivity index (χ4n) is 3.03. The summed E-state index contributed by atoms with van der Waals surface area (Å²) in [6, 6.07) is 0. The monoisotopic (exact) mass is 195 g/mol. The molecule has 14 heavy (non-hydrogen) atoms. The first kappa shape index (κ1) is 10.5. The van der Waals surface area contributed by atoms with Gasteiger partial charge in [-0.3, -0.25) is 0 Å². The number of hydrogen-bond donors (Lipinski definition) is 0. The summed E-state index contributed by atoms with van der Waals surface area (Å²) in [6.07, 6.45) is 7.50. The third kappa shape index (κ3) is 2.31. The molecule has 1 saturated heterocycles. The lowest BCUT2D eigenvalue weighted by molar-refractivity contribution is 0.0218. The van der Waals surface area contributed by atoms with Crippen LogP contribution >= 0.6 is 0 Å². The first-order valence-corrected chi connectivity index (χ1v) is 6.22. The van der Waals surface area contributed by atoms with Crippen molar-refractivity contribution in [1.82, 2.24) is 4.90 Å². The number of likely N-dealkylation sites (tertiary alicyclic amines) is 1. The maximum absolute atomic E-state index is 2.67. The number of rotatable bonds is 1. The van der Waals surface area contributed by atoms with Gasteiger partial charge >= 0.3 is 0 Å². The average Bonchev–Trinajstić information content (AvgIpc) is 2.00. The number of nitrogens with zero attached hydrogens (tertiary/aromatic N) is 1. The van der Waals surface area contributed by atoms with Crippen LogP contribution in [-0.2, 0) is 0 Å². The Labute approximate surface area is 88.9 Å². The highest BCUT2D eigenvalue weighted by molar-refractivity contribution is 4.92. The predicted octanol–water partition coefficient (Wildman–Crippen LogP) is 3.30. The van der Waals surface area contributed by atoms with Gasteiger partial charge in [0.25, 0.3) is 0 Å². The normalized spacial score (nSPS) is 27.6. The van der Waals surface area contributed by atoms with E-state index in [1.54, 1.807) is 0 Å². The SMILES string of the molecule is CC(C)(C)CN1CCC2(CCC2)CC1. The topological polar surface area (TPSA) is 3.24 Å². The molecule has 2 rings (SSSR count). The van der Waals surface area contributed by atoms with Crippen molar-refractivity contribution < 1.29 is 0 Å². The van der Waals surface area contributed by atoms with Gasteiger partial charge in [0.15, 0.2) is 0 Å². The average molecular weight is 195 g/mol. The zero-order valence-electron chi connectivity index (χ0n) is 10.1. The summed E-state index contributed by atoms with van der Waals surface area (Å²) in [5, 5.41) is 0. The number of hydrogen-bond acceptors (Lipinski definition) is 1. The molecule has 0 aromatic carbocycles. The molecule has 1 saturated carbocycles. The van der Waals surface area contributed by atoms with Crippen molar-refractivity contribution in [3.63, 3.8) is 0 Å². The maximum atomic E-state index is 2.67. The van der Waals surface area contributed by atoms with Crippen LogP contribution in [0.4, 0.5) is 0 Å². The van der Waals surface area contributed by atoms with E-state index in [-0.39, 0.29) is 0 Å². The molecule has 0 radical (unpaired) electrons. The van der Waals surface area contributed by atoms with Crippen LogP contribution in [0.1, 0.15) is 52.9 Å². The van der Waals surface area contributed by atoms with Crippen molar-refractivity contribution in [2.75, 3.05) is 19.6 Å². The summed E-state index contributed by atoms with van der Waals surface area (Å²) in [5.41, 5.74) is 1.29. The fourth-order valence-corrected chi connectivity index (χ4v) is 3.03. The minimum Gasteiger partial charge on any atom is -0.303 e. The van der Waals surface area contributed by atoms with Gasteiger partial charge in [-0.2, -0.15) is 0 Å². The van der Waals surface area contributed by atoms with Gasteiger partial charge in [-0.25, -0.2) is 0 Å². The smallest absolute Gasteiger partial charge is 0.00300 e. The largest absolute Gasteiger partial charge is 0.303 e. The van der Waals surface area contributed by atoms with Crippen LogP contribution in [0, 0.1) is 10.8 Å². The first-order chi connectivity index (χ1) is 6.49.